The van der Waals surface area contributed by atoms with Crippen LogP contribution in [0.15, 0.2) is 0 Å². The summed E-state index contributed by atoms with van der Waals surface area (Å²) in [6.07, 6.45) is -0.152. The van der Waals surface area contributed by atoms with E-state index in [2.05, 4.69) is 5.32 Å². The molecule has 1 heterocycles. The standard InChI is InChI=1S/C5H9NO3.BrH/c7-3-1-4(5(8)9)6-2-3;/h3-4,6-7H,1-2H2,(H,8,9);1H. The van der Waals surface area contributed by atoms with Crippen LogP contribution in [-0.2, 0) is 4.79 Å². The molecule has 1 saturated heterocycles. The van der Waals surface area contributed by atoms with Crippen molar-refractivity contribution in [3.8, 4) is 0 Å². The second-order valence-corrected chi connectivity index (χ2v) is 2.19. The van der Waals surface area contributed by atoms with Crippen LogP contribution < -0.4 is 5.32 Å². The Kier molecular flexibility index (Phi) is 3.85. The molecule has 0 aromatic rings. The van der Waals surface area contributed by atoms with Crippen molar-refractivity contribution in [2.75, 3.05) is 6.54 Å². The molecule has 0 aromatic heterocycles. The number of aliphatic hydroxyl groups is 1. The Morgan fingerprint density at radius 1 is 1.60 bits per heavy atom. The van der Waals surface area contributed by atoms with E-state index in [4.69, 9.17) is 10.2 Å². The van der Waals surface area contributed by atoms with Gasteiger partial charge in [0, 0.05) is 13.0 Å². The number of rotatable bonds is 1. The molecule has 1 aliphatic heterocycles. The molecule has 10 heavy (non-hydrogen) atoms. The van der Waals surface area contributed by atoms with Gasteiger partial charge in [-0.05, 0) is 0 Å². The van der Waals surface area contributed by atoms with Crippen LogP contribution in [0.3, 0.4) is 0 Å². The van der Waals surface area contributed by atoms with Crippen molar-refractivity contribution in [2.45, 2.75) is 18.6 Å². The zero-order valence-electron chi connectivity index (χ0n) is 5.28. The van der Waals surface area contributed by atoms with Gasteiger partial charge >= 0.3 is 5.97 Å². The zero-order chi connectivity index (χ0) is 6.85. The highest BCUT2D eigenvalue weighted by Gasteiger charge is 2.27. The molecular formula is C5H10BrNO3. The number of hydrogen-bond donors (Lipinski definition) is 3. The number of hydrogen-bond acceptors (Lipinski definition) is 3. The molecule has 0 radical (unpaired) electrons. The Balaban J connectivity index is 0.000000810. The molecule has 0 aromatic carbocycles. The first kappa shape index (κ1) is 9.87. The number of carboxylic acid groups (broad SMARTS) is 1. The van der Waals surface area contributed by atoms with Gasteiger partial charge in [0.05, 0.1) is 6.10 Å². The van der Waals surface area contributed by atoms with Crippen molar-refractivity contribution < 1.29 is 15.0 Å². The van der Waals surface area contributed by atoms with Crippen molar-refractivity contribution >= 4 is 23.0 Å². The molecule has 0 spiro atoms. The van der Waals surface area contributed by atoms with Crippen LogP contribution in [0.4, 0.5) is 0 Å². The fourth-order valence-corrected chi connectivity index (χ4v) is 0.905. The van der Waals surface area contributed by atoms with Gasteiger partial charge in [-0.15, -0.1) is 17.0 Å². The van der Waals surface area contributed by atoms with Gasteiger partial charge in [0.15, 0.2) is 0 Å². The minimum absolute atomic E-state index is 0. The Morgan fingerprint density at radius 3 is 2.40 bits per heavy atom. The lowest BCUT2D eigenvalue weighted by Gasteiger charge is -1.99. The van der Waals surface area contributed by atoms with Crippen LogP contribution in [0.1, 0.15) is 6.42 Å². The molecular weight excluding hydrogens is 202 g/mol. The summed E-state index contributed by atoms with van der Waals surface area (Å²) in [5.74, 6) is -0.883. The lowest BCUT2D eigenvalue weighted by molar-refractivity contribution is -0.139. The normalized spacial score (nSPS) is 31.3. The van der Waals surface area contributed by atoms with Gasteiger partial charge in [-0.1, -0.05) is 0 Å². The van der Waals surface area contributed by atoms with Crippen molar-refractivity contribution in [3.63, 3.8) is 0 Å². The fraction of sp³-hybridized carbons (Fsp3) is 0.800. The number of carboxylic acids is 1. The number of aliphatic carboxylic acids is 1. The van der Waals surface area contributed by atoms with E-state index in [-0.39, 0.29) is 17.0 Å². The molecule has 0 amide bonds. The van der Waals surface area contributed by atoms with Crippen LogP contribution in [0.25, 0.3) is 0 Å². The van der Waals surface area contributed by atoms with Gasteiger partial charge in [0.1, 0.15) is 6.04 Å². The monoisotopic (exact) mass is 211 g/mol. The van der Waals surface area contributed by atoms with Gasteiger partial charge in [0.2, 0.25) is 0 Å². The first-order chi connectivity index (χ1) is 4.20. The van der Waals surface area contributed by atoms with Crippen molar-refractivity contribution in [3.05, 3.63) is 0 Å². The van der Waals surface area contributed by atoms with E-state index in [0.29, 0.717) is 13.0 Å². The Bertz CT molecular complexity index is 130. The van der Waals surface area contributed by atoms with E-state index >= 15 is 0 Å². The van der Waals surface area contributed by atoms with Gasteiger partial charge in [0.25, 0.3) is 0 Å². The second kappa shape index (κ2) is 3.90. The molecule has 2 unspecified atom stereocenters. The summed E-state index contributed by atoms with van der Waals surface area (Å²) >= 11 is 0. The molecule has 2 atom stereocenters. The van der Waals surface area contributed by atoms with E-state index in [1.54, 1.807) is 0 Å². The SMILES string of the molecule is Br.O=C(O)C1CC(O)CN1. The molecule has 1 rings (SSSR count). The maximum atomic E-state index is 10.2. The van der Waals surface area contributed by atoms with Crippen LogP contribution in [-0.4, -0.2) is 34.9 Å². The highest BCUT2D eigenvalue weighted by molar-refractivity contribution is 8.93. The first-order valence-electron chi connectivity index (χ1n) is 2.84. The maximum absolute atomic E-state index is 10.2. The third-order valence-corrected chi connectivity index (χ3v) is 1.41. The van der Waals surface area contributed by atoms with E-state index in [1.807, 2.05) is 0 Å². The predicted molar refractivity (Wildman–Crippen MR) is 40.4 cm³/mol. The summed E-state index contributed by atoms with van der Waals surface area (Å²) < 4.78 is 0. The summed E-state index contributed by atoms with van der Waals surface area (Å²) in [5, 5.41) is 19.8. The fourth-order valence-electron chi connectivity index (χ4n) is 0.905. The molecule has 0 saturated carbocycles. The van der Waals surface area contributed by atoms with Gasteiger partial charge in [-0.25, -0.2) is 0 Å². The van der Waals surface area contributed by atoms with Gasteiger partial charge in [-0.2, -0.15) is 0 Å². The largest absolute Gasteiger partial charge is 0.480 e. The average molecular weight is 212 g/mol. The molecule has 1 aliphatic rings. The van der Waals surface area contributed by atoms with Crippen molar-refractivity contribution in [1.82, 2.24) is 5.32 Å². The third-order valence-electron chi connectivity index (χ3n) is 1.41. The van der Waals surface area contributed by atoms with Crippen LogP contribution in [0, 0.1) is 0 Å². The minimum Gasteiger partial charge on any atom is -0.480 e. The summed E-state index contributed by atoms with van der Waals surface area (Å²) in [6.45, 7) is 0.400. The second-order valence-electron chi connectivity index (χ2n) is 2.19. The number of carbonyl (C=O) groups is 1. The lowest BCUT2D eigenvalue weighted by Crippen LogP contribution is -2.29. The molecule has 4 nitrogen and oxygen atoms in total. The summed E-state index contributed by atoms with van der Waals surface area (Å²) in [4.78, 5) is 10.2. The van der Waals surface area contributed by atoms with Crippen molar-refractivity contribution in [1.29, 1.82) is 0 Å². The molecule has 3 N–H and O–H groups in total. The number of nitrogens with one attached hydrogen (secondary N) is 1. The molecule has 1 fully saturated rings. The average Bonchev–Trinajstić information content (AvgIpc) is 2.14. The van der Waals surface area contributed by atoms with E-state index in [0.717, 1.165) is 0 Å². The van der Waals surface area contributed by atoms with Crippen LogP contribution >= 0.6 is 17.0 Å². The molecule has 0 bridgehead atoms. The Labute approximate surface area is 69.0 Å². The quantitative estimate of drug-likeness (QED) is 0.541. The highest BCUT2D eigenvalue weighted by atomic mass is 79.9. The van der Waals surface area contributed by atoms with Crippen molar-refractivity contribution in [2.24, 2.45) is 0 Å². The third kappa shape index (κ3) is 2.24. The maximum Gasteiger partial charge on any atom is 0.320 e. The summed E-state index contributed by atoms with van der Waals surface area (Å²) in [7, 11) is 0. The number of aliphatic hydroxyl groups excluding tert-OH is 1. The van der Waals surface area contributed by atoms with E-state index in [1.165, 1.54) is 0 Å². The van der Waals surface area contributed by atoms with Crippen LogP contribution in [0.5, 0.6) is 0 Å². The number of β-amino-alcohol motifs (C(OH)–C–C–N with tert-alkyl or cyclic N) is 1. The van der Waals surface area contributed by atoms with Crippen LogP contribution in [0.2, 0.25) is 0 Å². The summed E-state index contributed by atoms with van der Waals surface area (Å²) in [5.41, 5.74) is 0. The van der Waals surface area contributed by atoms with Gasteiger partial charge < -0.3 is 15.5 Å². The Morgan fingerprint density at radius 2 is 2.20 bits per heavy atom. The number of halogens is 1. The molecule has 60 valence electrons. The lowest BCUT2D eigenvalue weighted by atomic mass is 10.2. The van der Waals surface area contributed by atoms with E-state index in [9.17, 15) is 4.79 Å². The molecule has 5 heteroatoms. The first-order valence-corrected chi connectivity index (χ1v) is 2.84. The highest BCUT2D eigenvalue weighted by Crippen LogP contribution is 2.05. The zero-order valence-corrected chi connectivity index (χ0v) is 6.99. The van der Waals surface area contributed by atoms with Gasteiger partial charge in [-0.3, -0.25) is 4.79 Å². The topological polar surface area (TPSA) is 69.6 Å². The Hall–Kier alpha value is -0.130. The predicted octanol–water partition coefficient (Wildman–Crippen LogP) is -0.628. The van der Waals surface area contributed by atoms with E-state index < -0.39 is 18.1 Å². The smallest absolute Gasteiger partial charge is 0.320 e. The molecule has 0 aliphatic carbocycles. The summed E-state index contributed by atoms with van der Waals surface area (Å²) in [6, 6.07) is -0.542. The minimum atomic E-state index is -0.883.